The first-order chi connectivity index (χ1) is 11.6. The van der Waals surface area contributed by atoms with Crippen molar-refractivity contribution in [3.8, 4) is 0 Å². The highest BCUT2D eigenvalue weighted by Gasteiger charge is 2.00. The largest absolute Gasteiger partial charge is 0.376 e. The van der Waals surface area contributed by atoms with Gasteiger partial charge in [0, 0.05) is 20.8 Å². The van der Waals surface area contributed by atoms with E-state index in [4.69, 9.17) is 0 Å². The van der Waals surface area contributed by atoms with Gasteiger partial charge in [0.15, 0.2) is 0 Å². The molecule has 0 saturated carbocycles. The van der Waals surface area contributed by atoms with Crippen LogP contribution in [0.1, 0.15) is 20.8 Å². The fraction of sp³-hybridized carbons (Fsp3) is 0.471. The van der Waals surface area contributed by atoms with E-state index in [9.17, 15) is 0 Å². The van der Waals surface area contributed by atoms with Crippen molar-refractivity contribution in [2.45, 2.75) is 20.8 Å². The Hall–Kier alpha value is -2.25. The van der Waals surface area contributed by atoms with E-state index in [2.05, 4.69) is 38.0 Å². The summed E-state index contributed by atoms with van der Waals surface area (Å²) in [6.45, 7) is 8.93. The third-order valence-corrected chi connectivity index (χ3v) is 2.00. The van der Waals surface area contributed by atoms with Crippen LogP contribution in [0.2, 0.25) is 0 Å². The second kappa shape index (κ2) is 20.8. The maximum absolute atomic E-state index is 4.50. The molecule has 0 aliphatic carbocycles. The normalized spacial score (nSPS) is 9.46. The SMILES string of the molecule is C=NO/N=C(\C)C=Nc1ccccc1N(C)C.CC.CN.CNC. The highest BCUT2D eigenvalue weighted by molar-refractivity contribution is 6.29. The first-order valence-corrected chi connectivity index (χ1v) is 7.70. The summed E-state index contributed by atoms with van der Waals surface area (Å²) in [5, 5.41) is 9.58. The van der Waals surface area contributed by atoms with Crippen LogP contribution in [-0.2, 0) is 4.94 Å². The molecule has 0 aliphatic heterocycles. The van der Waals surface area contributed by atoms with Gasteiger partial charge in [-0.25, -0.2) is 4.94 Å². The molecule has 1 aromatic rings. The smallest absolute Gasteiger partial charge is 0.0981 e. The molecule has 0 radical (unpaired) electrons. The lowest BCUT2D eigenvalue weighted by atomic mass is 10.2. The average Bonchev–Trinajstić information content (AvgIpc) is 2.62. The maximum Gasteiger partial charge on any atom is 0.0981 e. The second-order valence-electron chi connectivity index (χ2n) is 4.08. The zero-order valence-electron chi connectivity index (χ0n) is 16.4. The Bertz CT molecular complexity index is 458. The van der Waals surface area contributed by atoms with Crippen LogP contribution in [0.4, 0.5) is 11.4 Å². The Morgan fingerprint density at radius 2 is 1.71 bits per heavy atom. The first-order valence-electron chi connectivity index (χ1n) is 7.70. The number of para-hydroxylation sites is 2. The lowest BCUT2D eigenvalue weighted by molar-refractivity contribution is 0.159. The zero-order chi connectivity index (χ0) is 19.4. The highest BCUT2D eigenvalue weighted by atomic mass is 16.8. The molecular formula is C17H34N6O. The van der Waals surface area contributed by atoms with Crippen LogP contribution in [0.5, 0.6) is 0 Å². The molecule has 138 valence electrons. The van der Waals surface area contributed by atoms with Crippen molar-refractivity contribution in [3.63, 3.8) is 0 Å². The topological polar surface area (TPSA) is 87.6 Å². The lowest BCUT2D eigenvalue weighted by Crippen LogP contribution is -2.08. The fourth-order valence-corrected chi connectivity index (χ4v) is 1.23. The molecule has 1 aromatic carbocycles. The van der Waals surface area contributed by atoms with Gasteiger partial charge in [0.2, 0.25) is 0 Å². The molecule has 1 rings (SSSR count). The van der Waals surface area contributed by atoms with Gasteiger partial charge >= 0.3 is 0 Å². The van der Waals surface area contributed by atoms with Crippen LogP contribution in [0, 0.1) is 0 Å². The van der Waals surface area contributed by atoms with Crippen LogP contribution >= 0.6 is 0 Å². The molecule has 0 fully saturated rings. The van der Waals surface area contributed by atoms with Gasteiger partial charge in [0.05, 0.1) is 23.3 Å². The minimum absolute atomic E-state index is 0.617. The van der Waals surface area contributed by atoms with E-state index in [-0.39, 0.29) is 0 Å². The van der Waals surface area contributed by atoms with Crippen molar-refractivity contribution in [2.75, 3.05) is 40.1 Å². The Morgan fingerprint density at radius 3 is 2.17 bits per heavy atom. The van der Waals surface area contributed by atoms with E-state index >= 15 is 0 Å². The van der Waals surface area contributed by atoms with Crippen LogP contribution < -0.4 is 16.0 Å². The van der Waals surface area contributed by atoms with Crippen LogP contribution in [0.3, 0.4) is 0 Å². The van der Waals surface area contributed by atoms with Gasteiger partial charge in [0.1, 0.15) is 0 Å². The van der Waals surface area contributed by atoms with E-state index in [1.807, 2.05) is 71.2 Å². The number of hydrogen-bond acceptors (Lipinski definition) is 7. The summed E-state index contributed by atoms with van der Waals surface area (Å²) in [6, 6.07) is 7.85. The number of aliphatic imine (C=N–C) groups is 1. The van der Waals surface area contributed by atoms with Gasteiger partial charge in [0.25, 0.3) is 0 Å². The number of benzene rings is 1. The second-order valence-corrected chi connectivity index (χ2v) is 4.08. The number of nitrogens with two attached hydrogens (primary N) is 1. The predicted molar refractivity (Wildman–Crippen MR) is 109 cm³/mol. The number of anilines is 1. The van der Waals surface area contributed by atoms with Crippen molar-refractivity contribution in [1.82, 2.24) is 5.32 Å². The first kappa shape index (κ1) is 26.6. The molecule has 24 heavy (non-hydrogen) atoms. The number of rotatable bonds is 5. The van der Waals surface area contributed by atoms with E-state index in [0.29, 0.717) is 5.71 Å². The summed E-state index contributed by atoms with van der Waals surface area (Å²) in [5.41, 5.74) is 7.03. The molecule has 3 N–H and O–H groups in total. The molecule has 7 heteroatoms. The highest BCUT2D eigenvalue weighted by Crippen LogP contribution is 2.25. The zero-order valence-corrected chi connectivity index (χ0v) is 16.4. The molecule has 0 atom stereocenters. The van der Waals surface area contributed by atoms with Crippen LogP contribution in [0.25, 0.3) is 0 Å². The summed E-state index contributed by atoms with van der Waals surface area (Å²) in [7, 11) is 9.19. The molecule has 0 saturated heterocycles. The van der Waals surface area contributed by atoms with Crippen LogP contribution in [-0.4, -0.2) is 53.9 Å². The van der Waals surface area contributed by atoms with Gasteiger partial charge in [-0.05, 0) is 40.2 Å². The summed E-state index contributed by atoms with van der Waals surface area (Å²) in [6.07, 6.45) is 1.62. The van der Waals surface area contributed by atoms with Crippen molar-refractivity contribution < 1.29 is 4.94 Å². The number of nitrogens with one attached hydrogen (secondary N) is 1. The molecule has 0 heterocycles. The molecule has 0 amide bonds. The number of nitrogens with zero attached hydrogens (tertiary/aromatic N) is 4. The summed E-state index contributed by atoms with van der Waals surface area (Å²) in [4.78, 5) is 10.8. The number of hydrogen-bond donors (Lipinski definition) is 2. The van der Waals surface area contributed by atoms with Crippen molar-refractivity contribution >= 4 is 30.0 Å². The number of oxime groups is 2. The molecule has 0 spiro atoms. The Morgan fingerprint density at radius 1 is 1.21 bits per heavy atom. The van der Waals surface area contributed by atoms with E-state index in [0.717, 1.165) is 11.4 Å². The minimum atomic E-state index is 0.617. The quantitative estimate of drug-likeness (QED) is 0.638. The third kappa shape index (κ3) is 14.7. The van der Waals surface area contributed by atoms with Gasteiger partial charge < -0.3 is 16.0 Å². The van der Waals surface area contributed by atoms with E-state index < -0.39 is 0 Å². The predicted octanol–water partition coefficient (Wildman–Crippen LogP) is 2.90. The van der Waals surface area contributed by atoms with Crippen LogP contribution in [0.15, 0.2) is 39.6 Å². The summed E-state index contributed by atoms with van der Waals surface area (Å²) >= 11 is 0. The van der Waals surface area contributed by atoms with Crippen molar-refractivity contribution in [3.05, 3.63) is 24.3 Å². The van der Waals surface area contributed by atoms with E-state index in [1.165, 1.54) is 7.05 Å². The average molecular weight is 339 g/mol. The Labute approximate surface area is 147 Å². The van der Waals surface area contributed by atoms with E-state index in [1.54, 1.807) is 13.1 Å². The molecule has 0 aromatic heterocycles. The standard InChI is InChI=1S/C12H16N4O.C2H7N.C2H6.CH5N/c1-10(15-17-13-2)9-14-11-7-5-6-8-12(11)16(3)4;1-3-2;2*1-2/h5-9H,2H2,1,3-4H3;3H,1-2H3;1-2H3;2H2,1H3/b14-9?,15-10+;;;. The molecule has 7 nitrogen and oxygen atoms in total. The minimum Gasteiger partial charge on any atom is -0.376 e. The molecule has 0 bridgehead atoms. The maximum atomic E-state index is 4.50. The van der Waals surface area contributed by atoms with Gasteiger partial charge in [-0.1, -0.05) is 36.3 Å². The van der Waals surface area contributed by atoms with Gasteiger partial charge in [-0.2, -0.15) is 0 Å². The lowest BCUT2D eigenvalue weighted by Gasteiger charge is -2.14. The summed E-state index contributed by atoms with van der Waals surface area (Å²) in [5.74, 6) is 0. The monoisotopic (exact) mass is 338 g/mol. The molecule has 0 aliphatic rings. The van der Waals surface area contributed by atoms with Gasteiger partial charge in [-0.3, -0.25) is 4.99 Å². The Kier molecular flexibility index (Phi) is 23.0. The van der Waals surface area contributed by atoms with Crippen molar-refractivity contribution in [2.24, 2.45) is 21.0 Å². The van der Waals surface area contributed by atoms with Crippen molar-refractivity contribution in [1.29, 1.82) is 0 Å². The Balaban J connectivity index is -0.000000549. The summed E-state index contributed by atoms with van der Waals surface area (Å²) < 4.78 is 0. The molecule has 0 unspecified atom stereocenters. The molecular weight excluding hydrogens is 304 g/mol. The third-order valence-electron chi connectivity index (χ3n) is 2.00. The van der Waals surface area contributed by atoms with Gasteiger partial charge in [-0.15, -0.1) is 0 Å². The fourth-order valence-electron chi connectivity index (χ4n) is 1.23.